The van der Waals surface area contributed by atoms with E-state index in [1.807, 2.05) is 0 Å². The minimum Gasteiger partial charge on any atom is -0.312 e. The van der Waals surface area contributed by atoms with Crippen molar-refractivity contribution in [3.63, 3.8) is 0 Å². The monoisotopic (exact) mass is 284 g/mol. The summed E-state index contributed by atoms with van der Waals surface area (Å²) in [6.45, 7) is 0.538. The van der Waals surface area contributed by atoms with Crippen molar-refractivity contribution in [1.29, 1.82) is 0 Å². The smallest absolute Gasteiger partial charge is 0.153 e. The van der Waals surface area contributed by atoms with Gasteiger partial charge in [-0.25, -0.2) is 13.4 Å². The Kier molecular flexibility index (Phi) is 3.58. The molecule has 2 fully saturated rings. The van der Waals surface area contributed by atoms with Crippen molar-refractivity contribution in [3.05, 3.63) is 11.6 Å². The number of H-pyrrole nitrogens is 1. The fourth-order valence-corrected chi connectivity index (χ4v) is 4.44. The van der Waals surface area contributed by atoms with E-state index in [9.17, 15) is 8.42 Å². The molecule has 1 saturated carbocycles. The van der Waals surface area contributed by atoms with Crippen LogP contribution in [0.4, 0.5) is 0 Å². The minimum atomic E-state index is -2.89. The maximum absolute atomic E-state index is 11.6. The molecule has 1 aliphatic heterocycles. The summed E-state index contributed by atoms with van der Waals surface area (Å²) >= 11 is 0. The average molecular weight is 284 g/mol. The Morgan fingerprint density at radius 1 is 1.26 bits per heavy atom. The van der Waals surface area contributed by atoms with Gasteiger partial charge >= 0.3 is 0 Å². The van der Waals surface area contributed by atoms with E-state index < -0.39 is 9.84 Å². The number of hydrogen-bond acceptors (Lipinski definition) is 5. The van der Waals surface area contributed by atoms with E-state index >= 15 is 0 Å². The zero-order chi connectivity index (χ0) is 13.3. The molecule has 2 heterocycles. The summed E-state index contributed by atoms with van der Waals surface area (Å²) in [7, 11) is -2.89. The van der Waals surface area contributed by atoms with Crippen LogP contribution in [0.15, 0.2) is 0 Å². The van der Waals surface area contributed by atoms with Gasteiger partial charge in [0, 0.05) is 24.9 Å². The molecule has 0 spiro atoms. The maximum atomic E-state index is 11.6. The van der Waals surface area contributed by atoms with Crippen LogP contribution in [-0.4, -0.2) is 47.7 Å². The normalized spacial score (nSPS) is 27.7. The number of aromatic amines is 1. The van der Waals surface area contributed by atoms with Gasteiger partial charge in [-0.3, -0.25) is 5.10 Å². The molecule has 1 aromatic heterocycles. The maximum Gasteiger partial charge on any atom is 0.153 e. The fraction of sp³-hybridized carbons (Fsp3) is 0.833. The van der Waals surface area contributed by atoms with Gasteiger partial charge in [0.2, 0.25) is 0 Å². The van der Waals surface area contributed by atoms with Crippen molar-refractivity contribution < 1.29 is 8.42 Å². The zero-order valence-corrected chi connectivity index (χ0v) is 11.7. The highest BCUT2D eigenvalue weighted by molar-refractivity contribution is 7.91. The number of sulfone groups is 1. The Balaban J connectivity index is 1.63. The van der Waals surface area contributed by atoms with Crippen molar-refractivity contribution in [2.45, 2.75) is 44.1 Å². The molecule has 2 aliphatic rings. The highest BCUT2D eigenvalue weighted by Gasteiger charge is 2.26. The first-order valence-electron chi connectivity index (χ1n) is 6.97. The SMILES string of the molecule is O=S1(=O)CCNC(Cc2nc(C3CCCC3)n[nH]2)C1. The van der Waals surface area contributed by atoms with E-state index in [-0.39, 0.29) is 17.5 Å². The standard InChI is InChI=1S/C12H20N4O2S/c17-19(18)6-5-13-10(8-19)7-11-14-12(16-15-11)9-3-1-2-4-9/h9-10,13H,1-8H2,(H,14,15,16). The predicted molar refractivity (Wildman–Crippen MR) is 71.7 cm³/mol. The number of nitrogens with zero attached hydrogens (tertiary/aromatic N) is 2. The van der Waals surface area contributed by atoms with Crippen LogP contribution >= 0.6 is 0 Å². The first kappa shape index (κ1) is 13.1. The quantitative estimate of drug-likeness (QED) is 0.838. The van der Waals surface area contributed by atoms with Gasteiger partial charge in [0.25, 0.3) is 0 Å². The van der Waals surface area contributed by atoms with E-state index in [0.717, 1.165) is 11.6 Å². The Bertz CT molecular complexity index is 534. The molecule has 1 aromatic rings. The molecule has 0 bridgehead atoms. The van der Waals surface area contributed by atoms with E-state index in [2.05, 4.69) is 20.5 Å². The molecule has 1 atom stereocenters. The largest absolute Gasteiger partial charge is 0.312 e. The molecule has 6 nitrogen and oxygen atoms in total. The van der Waals surface area contributed by atoms with E-state index in [1.54, 1.807) is 0 Å². The summed E-state index contributed by atoms with van der Waals surface area (Å²) in [6, 6.07) is -0.0388. The molecule has 0 amide bonds. The third-order valence-corrected chi connectivity index (χ3v) is 5.75. The van der Waals surface area contributed by atoms with Crippen molar-refractivity contribution in [2.75, 3.05) is 18.1 Å². The van der Waals surface area contributed by atoms with Gasteiger partial charge in [-0.2, -0.15) is 5.10 Å². The highest BCUT2D eigenvalue weighted by Crippen LogP contribution is 2.31. The third kappa shape index (κ3) is 3.14. The second-order valence-corrected chi connectivity index (χ2v) is 7.82. The van der Waals surface area contributed by atoms with Crippen LogP contribution in [0.2, 0.25) is 0 Å². The minimum absolute atomic E-state index is 0.0388. The summed E-state index contributed by atoms with van der Waals surface area (Å²) in [5.74, 6) is 2.65. The summed E-state index contributed by atoms with van der Waals surface area (Å²) in [5, 5.41) is 10.5. The summed E-state index contributed by atoms with van der Waals surface area (Å²) in [5.41, 5.74) is 0. The van der Waals surface area contributed by atoms with Gasteiger partial charge < -0.3 is 5.32 Å². The summed E-state index contributed by atoms with van der Waals surface area (Å²) in [4.78, 5) is 4.53. The number of hydrogen-bond donors (Lipinski definition) is 2. The lowest BCUT2D eigenvalue weighted by molar-refractivity contribution is 0.509. The van der Waals surface area contributed by atoms with Gasteiger partial charge in [0.15, 0.2) is 15.7 Å². The van der Waals surface area contributed by atoms with Crippen LogP contribution in [0.3, 0.4) is 0 Å². The second-order valence-electron chi connectivity index (χ2n) is 5.59. The van der Waals surface area contributed by atoms with Crippen LogP contribution < -0.4 is 5.32 Å². The van der Waals surface area contributed by atoms with Crippen LogP contribution in [0.25, 0.3) is 0 Å². The number of nitrogens with one attached hydrogen (secondary N) is 2. The van der Waals surface area contributed by atoms with Gasteiger partial charge in [-0.15, -0.1) is 0 Å². The lowest BCUT2D eigenvalue weighted by atomic mass is 10.1. The van der Waals surface area contributed by atoms with Crippen molar-refractivity contribution in [2.24, 2.45) is 0 Å². The topological polar surface area (TPSA) is 87.7 Å². The molecule has 19 heavy (non-hydrogen) atoms. The van der Waals surface area contributed by atoms with Gasteiger partial charge in [0.1, 0.15) is 5.82 Å². The van der Waals surface area contributed by atoms with Crippen LogP contribution in [0, 0.1) is 0 Å². The molecule has 0 aromatic carbocycles. The van der Waals surface area contributed by atoms with Crippen molar-refractivity contribution in [3.8, 4) is 0 Å². The molecule has 106 valence electrons. The molecular formula is C12H20N4O2S. The Labute approximate surface area is 113 Å². The first-order chi connectivity index (χ1) is 9.12. The zero-order valence-electron chi connectivity index (χ0n) is 10.9. The first-order valence-corrected chi connectivity index (χ1v) is 8.79. The van der Waals surface area contributed by atoms with Gasteiger partial charge in [-0.1, -0.05) is 12.8 Å². The highest BCUT2D eigenvalue weighted by atomic mass is 32.2. The van der Waals surface area contributed by atoms with Crippen molar-refractivity contribution >= 4 is 9.84 Å². The lowest BCUT2D eigenvalue weighted by Gasteiger charge is -2.22. The summed E-state index contributed by atoms with van der Waals surface area (Å²) in [6.07, 6.45) is 5.48. The molecule has 1 unspecified atom stereocenters. The van der Waals surface area contributed by atoms with Crippen LogP contribution in [-0.2, 0) is 16.3 Å². The fourth-order valence-electron chi connectivity index (χ4n) is 3.00. The van der Waals surface area contributed by atoms with E-state index in [0.29, 0.717) is 18.9 Å². The molecule has 2 N–H and O–H groups in total. The summed E-state index contributed by atoms with van der Waals surface area (Å²) < 4.78 is 23.2. The second kappa shape index (κ2) is 5.20. The Morgan fingerprint density at radius 2 is 2.05 bits per heavy atom. The lowest BCUT2D eigenvalue weighted by Crippen LogP contribution is -2.46. The van der Waals surface area contributed by atoms with Gasteiger partial charge in [0.05, 0.1) is 11.5 Å². The number of rotatable bonds is 3. The molecule has 0 radical (unpaired) electrons. The Morgan fingerprint density at radius 3 is 2.79 bits per heavy atom. The average Bonchev–Trinajstić information content (AvgIpc) is 2.96. The molecule has 1 aliphatic carbocycles. The molecular weight excluding hydrogens is 264 g/mol. The van der Waals surface area contributed by atoms with E-state index in [1.165, 1.54) is 25.7 Å². The molecule has 3 rings (SSSR count). The van der Waals surface area contributed by atoms with Crippen LogP contribution in [0.1, 0.15) is 43.3 Å². The molecule has 1 saturated heterocycles. The van der Waals surface area contributed by atoms with Gasteiger partial charge in [-0.05, 0) is 12.8 Å². The van der Waals surface area contributed by atoms with Crippen molar-refractivity contribution in [1.82, 2.24) is 20.5 Å². The number of aromatic nitrogens is 3. The Hall–Kier alpha value is -0.950. The molecule has 7 heteroatoms. The van der Waals surface area contributed by atoms with E-state index in [4.69, 9.17) is 0 Å². The third-order valence-electron chi connectivity index (χ3n) is 4.01. The predicted octanol–water partition coefficient (Wildman–Crippen LogP) is 0.391. The van der Waals surface area contributed by atoms with Crippen LogP contribution in [0.5, 0.6) is 0 Å².